The summed E-state index contributed by atoms with van der Waals surface area (Å²) in [6, 6.07) is 8.94. The van der Waals surface area contributed by atoms with Gasteiger partial charge in [0.25, 0.3) is 5.69 Å². The number of benzene rings is 2. The van der Waals surface area contributed by atoms with Crippen LogP contribution in [0.2, 0.25) is 0 Å². The predicted molar refractivity (Wildman–Crippen MR) is 71.5 cm³/mol. The lowest BCUT2D eigenvalue weighted by molar-refractivity contribution is -0.385. The monoisotopic (exact) mass is 289 g/mol. The molecule has 1 N–H and O–H groups in total. The van der Waals surface area contributed by atoms with Gasteiger partial charge in [0.05, 0.1) is 16.7 Å². The van der Waals surface area contributed by atoms with E-state index in [9.17, 15) is 18.9 Å². The quantitative estimate of drug-likeness (QED) is 0.691. The van der Waals surface area contributed by atoms with Crippen molar-refractivity contribution in [3.63, 3.8) is 0 Å². The van der Waals surface area contributed by atoms with Gasteiger partial charge in [0, 0.05) is 12.6 Å². The summed E-state index contributed by atoms with van der Waals surface area (Å²) in [6.45, 7) is 0.0245. The number of nitriles is 1. The normalized spacial score (nSPS) is 9.95. The van der Waals surface area contributed by atoms with Crippen molar-refractivity contribution in [1.82, 2.24) is 0 Å². The fraction of sp³-hybridized carbons (Fsp3) is 0.0714. The molecule has 0 aliphatic rings. The SMILES string of the molecule is N#Cc1c(F)cccc1NCc1cc(F)cc([N+](=O)[O-])c1. The van der Waals surface area contributed by atoms with Crippen LogP contribution in [-0.4, -0.2) is 4.92 Å². The molecule has 0 fully saturated rings. The zero-order valence-corrected chi connectivity index (χ0v) is 10.6. The van der Waals surface area contributed by atoms with E-state index in [1.807, 2.05) is 0 Å². The second-order valence-electron chi connectivity index (χ2n) is 4.20. The van der Waals surface area contributed by atoms with Crippen molar-refractivity contribution in [2.75, 3.05) is 5.32 Å². The number of nitro benzene ring substituents is 1. The lowest BCUT2D eigenvalue weighted by Gasteiger charge is -2.09. The van der Waals surface area contributed by atoms with Gasteiger partial charge in [-0.25, -0.2) is 8.78 Å². The summed E-state index contributed by atoms with van der Waals surface area (Å²) in [7, 11) is 0. The predicted octanol–water partition coefficient (Wildman–Crippen LogP) is 3.36. The lowest BCUT2D eigenvalue weighted by atomic mass is 10.1. The highest BCUT2D eigenvalue weighted by atomic mass is 19.1. The average molecular weight is 289 g/mol. The van der Waals surface area contributed by atoms with Gasteiger partial charge in [-0.15, -0.1) is 0 Å². The summed E-state index contributed by atoms with van der Waals surface area (Å²) >= 11 is 0. The van der Waals surface area contributed by atoms with Crippen LogP contribution in [0, 0.1) is 33.1 Å². The Hall–Kier alpha value is -3.01. The van der Waals surface area contributed by atoms with E-state index in [1.54, 1.807) is 6.07 Å². The molecule has 0 atom stereocenters. The van der Waals surface area contributed by atoms with E-state index in [2.05, 4.69) is 5.32 Å². The summed E-state index contributed by atoms with van der Waals surface area (Å²) in [5.41, 5.74) is 0.0224. The number of rotatable bonds is 4. The molecule has 0 heterocycles. The third-order valence-corrected chi connectivity index (χ3v) is 2.76. The summed E-state index contributed by atoms with van der Waals surface area (Å²) < 4.78 is 26.7. The molecule has 5 nitrogen and oxygen atoms in total. The Balaban J connectivity index is 2.23. The molecule has 0 unspecified atom stereocenters. The van der Waals surface area contributed by atoms with Gasteiger partial charge in [-0.1, -0.05) is 6.07 Å². The topological polar surface area (TPSA) is 79.0 Å². The average Bonchev–Trinajstić information content (AvgIpc) is 2.44. The van der Waals surface area contributed by atoms with Gasteiger partial charge in [0.15, 0.2) is 0 Å². The minimum Gasteiger partial charge on any atom is -0.380 e. The van der Waals surface area contributed by atoms with Crippen LogP contribution < -0.4 is 5.32 Å². The number of nitro groups is 1. The minimum absolute atomic E-state index is 0.0245. The molecule has 0 radical (unpaired) electrons. The van der Waals surface area contributed by atoms with Crippen molar-refractivity contribution >= 4 is 11.4 Å². The first kappa shape index (κ1) is 14.4. The molecule has 0 bridgehead atoms. The Kier molecular flexibility index (Phi) is 4.09. The summed E-state index contributed by atoms with van der Waals surface area (Å²) in [4.78, 5) is 9.95. The highest BCUT2D eigenvalue weighted by Gasteiger charge is 2.11. The maximum atomic E-state index is 13.4. The van der Waals surface area contributed by atoms with Crippen molar-refractivity contribution in [1.29, 1.82) is 5.26 Å². The smallest absolute Gasteiger partial charge is 0.272 e. The minimum atomic E-state index is -0.735. The maximum Gasteiger partial charge on any atom is 0.272 e. The number of non-ortho nitro benzene ring substituents is 1. The van der Waals surface area contributed by atoms with Gasteiger partial charge < -0.3 is 5.32 Å². The molecule has 2 rings (SSSR count). The zero-order chi connectivity index (χ0) is 15.4. The first-order chi connectivity index (χ1) is 10.0. The van der Waals surface area contributed by atoms with Gasteiger partial charge in [-0.05, 0) is 23.8 Å². The van der Waals surface area contributed by atoms with Crippen LogP contribution in [0.25, 0.3) is 0 Å². The lowest BCUT2D eigenvalue weighted by Crippen LogP contribution is -2.03. The summed E-state index contributed by atoms with van der Waals surface area (Å²) in [5.74, 6) is -1.41. The molecule has 0 saturated heterocycles. The second-order valence-corrected chi connectivity index (χ2v) is 4.20. The molecule has 0 aromatic heterocycles. The largest absolute Gasteiger partial charge is 0.380 e. The van der Waals surface area contributed by atoms with Gasteiger partial charge in [-0.3, -0.25) is 10.1 Å². The fourth-order valence-corrected chi connectivity index (χ4v) is 1.82. The maximum absolute atomic E-state index is 13.4. The summed E-state index contributed by atoms with van der Waals surface area (Å²) in [5, 5.41) is 22.3. The molecule has 21 heavy (non-hydrogen) atoms. The number of anilines is 1. The van der Waals surface area contributed by atoms with Crippen LogP contribution in [-0.2, 0) is 6.54 Å². The Morgan fingerprint density at radius 2 is 2.05 bits per heavy atom. The van der Waals surface area contributed by atoms with Crippen molar-refractivity contribution < 1.29 is 13.7 Å². The molecule has 0 spiro atoms. The summed E-state index contributed by atoms with van der Waals surface area (Å²) in [6.07, 6.45) is 0. The number of nitrogens with one attached hydrogen (secondary N) is 1. The molecule has 0 saturated carbocycles. The van der Waals surface area contributed by atoms with E-state index in [4.69, 9.17) is 5.26 Å². The third kappa shape index (κ3) is 3.30. The van der Waals surface area contributed by atoms with E-state index in [-0.39, 0.29) is 23.5 Å². The highest BCUT2D eigenvalue weighted by Crippen LogP contribution is 2.20. The zero-order valence-electron chi connectivity index (χ0n) is 10.6. The van der Waals surface area contributed by atoms with E-state index in [1.165, 1.54) is 18.2 Å². The fourth-order valence-electron chi connectivity index (χ4n) is 1.82. The van der Waals surface area contributed by atoms with Crippen molar-refractivity contribution in [2.24, 2.45) is 0 Å². The van der Waals surface area contributed by atoms with Crippen LogP contribution in [0.1, 0.15) is 11.1 Å². The van der Waals surface area contributed by atoms with Gasteiger partial charge in [-0.2, -0.15) is 5.26 Å². The number of nitrogens with zero attached hydrogens (tertiary/aromatic N) is 2. The van der Waals surface area contributed by atoms with E-state index in [0.29, 0.717) is 5.56 Å². The molecule has 2 aromatic carbocycles. The van der Waals surface area contributed by atoms with E-state index >= 15 is 0 Å². The van der Waals surface area contributed by atoms with Crippen LogP contribution >= 0.6 is 0 Å². The molecule has 0 aliphatic heterocycles. The van der Waals surface area contributed by atoms with Crippen LogP contribution in [0.15, 0.2) is 36.4 Å². The first-order valence-corrected chi connectivity index (χ1v) is 5.87. The van der Waals surface area contributed by atoms with Crippen molar-refractivity contribution in [3.05, 3.63) is 69.3 Å². The third-order valence-electron chi connectivity index (χ3n) is 2.76. The number of hydrogen-bond donors (Lipinski definition) is 1. The highest BCUT2D eigenvalue weighted by molar-refractivity contribution is 5.58. The van der Waals surface area contributed by atoms with Crippen molar-refractivity contribution in [3.8, 4) is 6.07 Å². The van der Waals surface area contributed by atoms with Gasteiger partial charge >= 0.3 is 0 Å². The second kappa shape index (κ2) is 5.96. The molecule has 7 heteroatoms. The van der Waals surface area contributed by atoms with Crippen LogP contribution in [0.4, 0.5) is 20.2 Å². The van der Waals surface area contributed by atoms with Gasteiger partial charge in [0.1, 0.15) is 23.3 Å². The Labute approximate surface area is 118 Å². The van der Waals surface area contributed by atoms with Crippen LogP contribution in [0.5, 0.6) is 0 Å². The molecule has 2 aromatic rings. The molecular formula is C14H9F2N3O2. The van der Waals surface area contributed by atoms with Gasteiger partial charge in [0.2, 0.25) is 0 Å². The standard InChI is InChI=1S/C14H9F2N3O2/c15-10-4-9(5-11(6-10)19(20)21)8-18-14-3-1-2-13(16)12(14)7-17/h1-6,18H,8H2. The Morgan fingerprint density at radius 1 is 1.29 bits per heavy atom. The van der Waals surface area contributed by atoms with Crippen molar-refractivity contribution in [2.45, 2.75) is 6.54 Å². The molecule has 0 amide bonds. The van der Waals surface area contributed by atoms with E-state index < -0.39 is 16.6 Å². The van der Waals surface area contributed by atoms with Crippen LogP contribution in [0.3, 0.4) is 0 Å². The first-order valence-electron chi connectivity index (χ1n) is 5.87. The molecular weight excluding hydrogens is 280 g/mol. The Bertz CT molecular complexity index is 741. The van der Waals surface area contributed by atoms with E-state index in [0.717, 1.165) is 18.2 Å². The Morgan fingerprint density at radius 3 is 2.71 bits per heavy atom. The number of halogens is 2. The molecule has 0 aliphatic carbocycles. The number of hydrogen-bond acceptors (Lipinski definition) is 4. The molecule has 106 valence electrons.